The highest BCUT2D eigenvalue weighted by Crippen LogP contribution is 2.48. The largest absolute Gasteiger partial charge is 0.480 e. The van der Waals surface area contributed by atoms with Gasteiger partial charge in [0.2, 0.25) is 5.91 Å². The molecule has 1 aliphatic carbocycles. The van der Waals surface area contributed by atoms with Crippen molar-refractivity contribution in [2.45, 2.75) is 25.3 Å². The molecule has 4 nitrogen and oxygen atoms in total. The van der Waals surface area contributed by atoms with Crippen LogP contribution < -0.4 is 0 Å². The van der Waals surface area contributed by atoms with Crippen molar-refractivity contribution < 1.29 is 14.7 Å². The normalized spacial score (nSPS) is 22.7. The molecule has 1 aliphatic rings. The summed E-state index contributed by atoms with van der Waals surface area (Å²) >= 11 is 5.93. The van der Waals surface area contributed by atoms with E-state index < -0.39 is 12.0 Å². The average Bonchev–Trinajstić information content (AvgIpc) is 3.16. The van der Waals surface area contributed by atoms with Crippen LogP contribution in [0.2, 0.25) is 5.02 Å². The summed E-state index contributed by atoms with van der Waals surface area (Å²) in [5, 5.41) is 9.57. The Labute approximate surface area is 117 Å². The number of carboxylic acid groups (broad SMARTS) is 1. The van der Waals surface area contributed by atoms with Crippen molar-refractivity contribution in [2.75, 3.05) is 7.05 Å². The van der Waals surface area contributed by atoms with Crippen molar-refractivity contribution in [1.82, 2.24) is 4.90 Å². The van der Waals surface area contributed by atoms with Crippen LogP contribution in [-0.4, -0.2) is 35.0 Å². The number of hydrogen-bond acceptors (Lipinski definition) is 2. The molecule has 0 saturated heterocycles. The molecular weight excluding hydrogens is 266 g/mol. The van der Waals surface area contributed by atoms with Crippen molar-refractivity contribution in [3.8, 4) is 0 Å². The number of rotatable bonds is 4. The smallest absolute Gasteiger partial charge is 0.326 e. The van der Waals surface area contributed by atoms with Gasteiger partial charge in [-0.15, -0.1) is 0 Å². The number of carbonyl (C=O) groups is 2. The molecule has 1 saturated carbocycles. The molecule has 3 unspecified atom stereocenters. The molecule has 0 aliphatic heterocycles. The van der Waals surface area contributed by atoms with Gasteiger partial charge in [-0.25, -0.2) is 4.79 Å². The zero-order chi connectivity index (χ0) is 14.2. The van der Waals surface area contributed by atoms with E-state index in [1.165, 1.54) is 18.9 Å². The number of amides is 1. The maximum absolute atomic E-state index is 12.1. The van der Waals surface area contributed by atoms with E-state index in [9.17, 15) is 9.59 Å². The van der Waals surface area contributed by atoms with Crippen LogP contribution in [0.5, 0.6) is 0 Å². The Balaban J connectivity index is 2.03. The maximum Gasteiger partial charge on any atom is 0.326 e. The summed E-state index contributed by atoms with van der Waals surface area (Å²) in [6.07, 6.45) is 0.760. The number of aliphatic carboxylic acids is 1. The van der Waals surface area contributed by atoms with E-state index in [0.717, 1.165) is 12.0 Å². The zero-order valence-corrected chi connectivity index (χ0v) is 11.6. The van der Waals surface area contributed by atoms with E-state index in [2.05, 4.69) is 0 Å². The maximum atomic E-state index is 12.1. The van der Waals surface area contributed by atoms with E-state index in [0.29, 0.717) is 5.02 Å². The van der Waals surface area contributed by atoms with Gasteiger partial charge >= 0.3 is 5.97 Å². The highest BCUT2D eigenvalue weighted by molar-refractivity contribution is 6.30. The first-order valence-corrected chi connectivity index (χ1v) is 6.54. The molecule has 0 heterocycles. The number of hydrogen-bond donors (Lipinski definition) is 1. The zero-order valence-electron chi connectivity index (χ0n) is 10.8. The Morgan fingerprint density at radius 2 is 2.16 bits per heavy atom. The van der Waals surface area contributed by atoms with E-state index in [4.69, 9.17) is 16.7 Å². The first-order valence-electron chi connectivity index (χ1n) is 6.16. The molecule has 1 aromatic carbocycles. The first-order chi connectivity index (χ1) is 8.91. The second-order valence-corrected chi connectivity index (χ2v) is 5.40. The number of nitrogens with zero attached hydrogens (tertiary/aromatic N) is 1. The topological polar surface area (TPSA) is 57.6 Å². The van der Waals surface area contributed by atoms with Gasteiger partial charge in [0, 0.05) is 18.0 Å². The van der Waals surface area contributed by atoms with Crippen molar-refractivity contribution >= 4 is 23.5 Å². The summed E-state index contributed by atoms with van der Waals surface area (Å²) in [5.41, 5.74) is 1.04. The molecular formula is C14H16ClNO3. The molecule has 1 N–H and O–H groups in total. The molecule has 0 bridgehead atoms. The number of likely N-dealkylation sites (N-methyl/N-ethyl adjacent to an activating group) is 1. The SMILES string of the molecule is CC(C(=O)O)N(C)C(=O)C1CC1c1cccc(Cl)c1. The molecule has 0 spiro atoms. The van der Waals surface area contributed by atoms with Crippen molar-refractivity contribution in [3.63, 3.8) is 0 Å². The summed E-state index contributed by atoms with van der Waals surface area (Å²) in [6, 6.07) is 6.67. The number of carbonyl (C=O) groups excluding carboxylic acids is 1. The fourth-order valence-corrected chi connectivity index (χ4v) is 2.39. The Kier molecular flexibility index (Phi) is 3.80. The third kappa shape index (κ3) is 2.89. The standard InChI is InChI=1S/C14H16ClNO3/c1-8(14(18)19)16(2)13(17)12-7-11(12)9-4-3-5-10(15)6-9/h3-6,8,11-12H,7H2,1-2H3,(H,18,19). The number of halogens is 1. The molecule has 1 aromatic rings. The van der Waals surface area contributed by atoms with Gasteiger partial charge in [-0.2, -0.15) is 0 Å². The summed E-state index contributed by atoms with van der Waals surface area (Å²) in [6.45, 7) is 1.51. The minimum Gasteiger partial charge on any atom is -0.480 e. The predicted octanol–water partition coefficient (Wildman–Crippen LogP) is 2.38. The molecule has 5 heteroatoms. The van der Waals surface area contributed by atoms with Gasteiger partial charge in [0.1, 0.15) is 6.04 Å². The monoisotopic (exact) mass is 281 g/mol. The van der Waals surface area contributed by atoms with Gasteiger partial charge in [0.25, 0.3) is 0 Å². The predicted molar refractivity (Wildman–Crippen MR) is 72.2 cm³/mol. The molecule has 0 radical (unpaired) electrons. The third-order valence-electron chi connectivity index (χ3n) is 3.67. The van der Waals surface area contributed by atoms with E-state index >= 15 is 0 Å². The molecule has 3 atom stereocenters. The molecule has 1 fully saturated rings. The summed E-state index contributed by atoms with van der Waals surface area (Å²) in [5.74, 6) is -1.06. The Hall–Kier alpha value is -1.55. The lowest BCUT2D eigenvalue weighted by molar-refractivity contribution is -0.148. The van der Waals surface area contributed by atoms with Crippen LogP contribution in [0, 0.1) is 5.92 Å². The Morgan fingerprint density at radius 3 is 2.74 bits per heavy atom. The lowest BCUT2D eigenvalue weighted by Gasteiger charge is -2.21. The van der Waals surface area contributed by atoms with E-state index in [-0.39, 0.29) is 17.7 Å². The lowest BCUT2D eigenvalue weighted by atomic mass is 10.1. The van der Waals surface area contributed by atoms with E-state index in [1.54, 1.807) is 6.07 Å². The highest BCUT2D eigenvalue weighted by Gasteiger charge is 2.46. The van der Waals surface area contributed by atoms with Gasteiger partial charge in [-0.3, -0.25) is 4.79 Å². The van der Waals surface area contributed by atoms with Crippen LogP contribution in [0.1, 0.15) is 24.8 Å². The van der Waals surface area contributed by atoms with Crippen LogP contribution in [0.15, 0.2) is 24.3 Å². The molecule has 2 rings (SSSR count). The fraction of sp³-hybridized carbons (Fsp3) is 0.429. The first kappa shape index (κ1) is 13.9. The third-order valence-corrected chi connectivity index (χ3v) is 3.91. The Bertz CT molecular complexity index is 517. The highest BCUT2D eigenvalue weighted by atomic mass is 35.5. The minimum absolute atomic E-state index is 0.111. The summed E-state index contributed by atoms with van der Waals surface area (Å²) < 4.78 is 0. The average molecular weight is 282 g/mol. The quantitative estimate of drug-likeness (QED) is 0.922. The minimum atomic E-state index is -0.990. The number of benzene rings is 1. The van der Waals surface area contributed by atoms with Crippen LogP contribution in [0.25, 0.3) is 0 Å². The summed E-state index contributed by atoms with van der Waals surface area (Å²) in [7, 11) is 1.54. The summed E-state index contributed by atoms with van der Waals surface area (Å²) in [4.78, 5) is 24.3. The van der Waals surface area contributed by atoms with Gasteiger partial charge in [0.15, 0.2) is 0 Å². The van der Waals surface area contributed by atoms with Crippen LogP contribution in [0.3, 0.4) is 0 Å². The molecule has 19 heavy (non-hydrogen) atoms. The molecule has 0 aromatic heterocycles. The molecule has 1 amide bonds. The van der Waals surface area contributed by atoms with Gasteiger partial charge in [0.05, 0.1) is 0 Å². The van der Waals surface area contributed by atoms with Crippen LogP contribution in [-0.2, 0) is 9.59 Å². The van der Waals surface area contributed by atoms with Gasteiger partial charge in [-0.1, -0.05) is 23.7 Å². The lowest BCUT2D eigenvalue weighted by Crippen LogP contribution is -2.41. The van der Waals surface area contributed by atoms with Gasteiger partial charge < -0.3 is 10.0 Å². The van der Waals surface area contributed by atoms with Crippen molar-refractivity contribution in [1.29, 1.82) is 0 Å². The number of carboxylic acids is 1. The van der Waals surface area contributed by atoms with Crippen LogP contribution >= 0.6 is 11.6 Å². The molecule has 102 valence electrons. The van der Waals surface area contributed by atoms with E-state index in [1.807, 2.05) is 18.2 Å². The van der Waals surface area contributed by atoms with Crippen molar-refractivity contribution in [2.24, 2.45) is 5.92 Å². The van der Waals surface area contributed by atoms with Crippen LogP contribution in [0.4, 0.5) is 0 Å². The Morgan fingerprint density at radius 1 is 1.47 bits per heavy atom. The second kappa shape index (κ2) is 5.21. The second-order valence-electron chi connectivity index (χ2n) is 4.97. The van der Waals surface area contributed by atoms with Crippen molar-refractivity contribution in [3.05, 3.63) is 34.9 Å². The fourth-order valence-electron chi connectivity index (χ4n) is 2.19. The van der Waals surface area contributed by atoms with Gasteiger partial charge in [-0.05, 0) is 37.0 Å².